The summed E-state index contributed by atoms with van der Waals surface area (Å²) < 4.78 is 7.52. The summed E-state index contributed by atoms with van der Waals surface area (Å²) in [5.41, 5.74) is 17.2. The highest BCUT2D eigenvalue weighted by Gasteiger charge is 2.53. The molecule has 0 radical (unpaired) electrons. The van der Waals surface area contributed by atoms with Crippen molar-refractivity contribution in [1.82, 2.24) is 0 Å². The maximum Gasteiger partial charge on any atom is 0.415 e. The lowest BCUT2D eigenvalue weighted by Crippen LogP contribution is -2.66. The fourth-order valence-electron chi connectivity index (χ4n) is 12.3. The van der Waals surface area contributed by atoms with Crippen molar-refractivity contribution in [3.8, 4) is 11.5 Å². The van der Waals surface area contributed by atoms with Gasteiger partial charge >= 0.3 is 12.7 Å². The molecule has 0 bridgehead atoms. The molecule has 2 heterocycles. The summed E-state index contributed by atoms with van der Waals surface area (Å²) in [5, 5.41) is 2.38. The van der Waals surface area contributed by atoms with Crippen molar-refractivity contribution in [3.05, 3.63) is 300 Å². The Morgan fingerprint density at radius 1 is 0.265 bits per heavy atom. The molecular formula is C64H50B2O2. The topological polar surface area (TPSA) is 5.40 Å². The lowest BCUT2D eigenvalue weighted by atomic mass is 9.25. The van der Waals surface area contributed by atoms with Crippen LogP contribution in [0.15, 0.2) is 267 Å². The van der Waals surface area contributed by atoms with E-state index in [9.17, 15) is 0 Å². The predicted octanol–water partition coefficient (Wildman–Crippen LogP) is 13.2. The molecule has 0 atom stereocenters. The monoisotopic (exact) mass is 872 g/mol. The Bertz CT molecular complexity index is 3200. The second kappa shape index (κ2) is 16.8. The lowest BCUT2D eigenvalue weighted by Gasteiger charge is -2.55. The van der Waals surface area contributed by atoms with Crippen LogP contribution in [0.2, 0.25) is 0 Å². The fraction of sp³-hybridized carbons (Fsp3) is 0.0312. The van der Waals surface area contributed by atoms with Gasteiger partial charge in [0.05, 0.1) is 11.1 Å². The molecule has 10 aromatic carbocycles. The summed E-state index contributed by atoms with van der Waals surface area (Å²) in [6.07, 6.45) is -3.54. The highest BCUT2D eigenvalue weighted by Crippen LogP contribution is 2.54. The maximum absolute atomic E-state index is 3.76. The van der Waals surface area contributed by atoms with Crippen LogP contribution in [0.5, 0.6) is 11.5 Å². The number of hydrogen-bond acceptors (Lipinski definition) is 0. The molecule has 10 aromatic rings. The van der Waals surface area contributed by atoms with Crippen molar-refractivity contribution in [2.45, 2.75) is 0 Å². The predicted molar refractivity (Wildman–Crippen MR) is 290 cm³/mol. The largest absolute Gasteiger partial charge is 0.810 e. The Morgan fingerprint density at radius 2 is 0.544 bits per heavy atom. The first-order valence-corrected chi connectivity index (χ1v) is 23.8. The second-order valence-electron chi connectivity index (χ2n) is 18.4. The maximum atomic E-state index is 3.76. The van der Waals surface area contributed by atoms with Gasteiger partial charge in [-0.05, 0) is 57.3 Å². The molecule has 0 saturated carbocycles. The minimum absolute atomic E-state index is 1.13. The van der Waals surface area contributed by atoms with Gasteiger partial charge in [-0.1, -0.05) is 253 Å². The smallest absolute Gasteiger partial charge is 0.415 e. The average molecular weight is 873 g/mol. The van der Waals surface area contributed by atoms with E-state index in [0.29, 0.717) is 0 Å². The summed E-state index contributed by atoms with van der Waals surface area (Å²) >= 11 is 0. The molecule has 0 spiro atoms. The van der Waals surface area contributed by atoms with Gasteiger partial charge in [-0.3, -0.25) is 0 Å². The van der Waals surface area contributed by atoms with Gasteiger partial charge in [0.25, 0.3) is 0 Å². The van der Waals surface area contributed by atoms with Crippen molar-refractivity contribution >= 4 is 67.4 Å². The van der Waals surface area contributed by atoms with Gasteiger partial charge in [-0.25, -0.2) is 0 Å². The molecule has 12 rings (SSSR count). The number of rotatable bonds is 8. The third-order valence-corrected chi connectivity index (χ3v) is 15.1. The Labute approximate surface area is 400 Å². The Kier molecular flexibility index (Phi) is 10.2. The quantitative estimate of drug-likeness (QED) is 0.106. The summed E-state index contributed by atoms with van der Waals surface area (Å²) in [4.78, 5) is 0. The van der Waals surface area contributed by atoms with Crippen molar-refractivity contribution in [2.24, 2.45) is 0 Å². The van der Waals surface area contributed by atoms with E-state index >= 15 is 0 Å². The number of fused-ring (bicyclic) bond motifs is 3. The van der Waals surface area contributed by atoms with Crippen LogP contribution < -0.4 is 21.9 Å². The van der Waals surface area contributed by atoms with Crippen LogP contribution in [0, 0.1) is 0 Å². The van der Waals surface area contributed by atoms with Crippen LogP contribution in [-0.2, 0) is 8.57 Å². The molecule has 2 aliphatic rings. The van der Waals surface area contributed by atoms with Gasteiger partial charge in [0.2, 0.25) is 11.5 Å². The van der Waals surface area contributed by atoms with E-state index in [1.165, 1.54) is 88.1 Å². The van der Waals surface area contributed by atoms with E-state index in [1.54, 1.807) is 0 Å². The van der Waals surface area contributed by atoms with Gasteiger partial charge in [0, 0.05) is 12.1 Å². The molecule has 0 unspecified atom stereocenters. The zero-order valence-corrected chi connectivity index (χ0v) is 38.4. The summed E-state index contributed by atoms with van der Waals surface area (Å²) in [6, 6.07) is 98.5. The van der Waals surface area contributed by atoms with E-state index in [4.69, 9.17) is 0 Å². The molecule has 324 valence electrons. The second-order valence-corrected chi connectivity index (χ2v) is 18.4. The van der Waals surface area contributed by atoms with Gasteiger partial charge in [-0.2, -0.15) is 0 Å². The molecule has 0 amide bonds. The molecule has 0 N–H and O–H groups in total. The molecule has 0 fully saturated rings. The van der Waals surface area contributed by atoms with Crippen LogP contribution in [0.4, 0.5) is 0 Å². The van der Waals surface area contributed by atoms with Gasteiger partial charge in [0.1, 0.15) is 14.2 Å². The highest BCUT2D eigenvalue weighted by atomic mass is 16.6. The molecule has 0 aliphatic carbocycles. The highest BCUT2D eigenvalue weighted by molar-refractivity contribution is 7.13. The van der Waals surface area contributed by atoms with E-state index < -0.39 is 12.7 Å². The standard InChI is InChI=1S/C64H50B2O2/c1-67-59-39-23-21-37-57(59)61(63(47-25-9-3-10-26-47)65(67,53-29-13-5-14-30-53)54-31-15-6-16-32-54)51-43-41-50-46-52(44-42-49(50)45-51)62-58-38-22-24-40-60(58)68(2)66(55-33-17-7-18-34-55,56-35-19-8-20-36-56)64(62)48-27-11-4-12-28-48/h3-46H,1-2H3. The normalized spacial score (nSPS) is 15.0. The molecular weight excluding hydrogens is 822 g/mol. The Balaban J connectivity index is 1.14. The summed E-state index contributed by atoms with van der Waals surface area (Å²) in [6.45, 7) is 0. The lowest BCUT2D eigenvalue weighted by molar-refractivity contribution is 0.173. The molecule has 0 aromatic heterocycles. The van der Waals surface area contributed by atoms with Crippen LogP contribution in [0.25, 0.3) is 32.9 Å². The SMILES string of the molecule is C[O+]1c2ccccc2C(c2ccc3cc(C4=C(c5ccccc5)[B-](c5ccccc5)(c5ccccc5)[O+](C)c5ccccc54)ccc3c2)=C(c2ccccc2)[B-]1(c1ccccc1)c1ccccc1. The number of benzene rings is 10. The van der Waals surface area contributed by atoms with E-state index in [-0.39, 0.29) is 0 Å². The van der Waals surface area contributed by atoms with Gasteiger partial charge in [0.15, 0.2) is 0 Å². The van der Waals surface area contributed by atoms with Gasteiger partial charge < -0.3 is 8.57 Å². The molecule has 4 heteroatoms. The third kappa shape index (κ3) is 6.28. The van der Waals surface area contributed by atoms with Crippen LogP contribution in [-0.4, -0.2) is 26.9 Å². The van der Waals surface area contributed by atoms with Crippen LogP contribution >= 0.6 is 0 Å². The molecule has 68 heavy (non-hydrogen) atoms. The number of para-hydroxylation sites is 2. The first kappa shape index (κ1) is 41.1. The summed E-state index contributed by atoms with van der Waals surface area (Å²) in [5.74, 6) is 2.26. The number of hydrogen-bond donors (Lipinski definition) is 0. The van der Waals surface area contributed by atoms with E-state index in [2.05, 4.69) is 290 Å². The summed E-state index contributed by atoms with van der Waals surface area (Å²) in [7, 11) is 4.42. The van der Waals surface area contributed by atoms with Crippen molar-refractivity contribution in [1.29, 1.82) is 0 Å². The van der Waals surface area contributed by atoms with Crippen LogP contribution in [0.3, 0.4) is 0 Å². The first-order valence-electron chi connectivity index (χ1n) is 23.8. The molecule has 0 saturated heterocycles. The zero-order valence-electron chi connectivity index (χ0n) is 38.4. The van der Waals surface area contributed by atoms with E-state index in [0.717, 1.165) is 11.5 Å². The molecule has 2 nitrogen and oxygen atoms in total. The first-order chi connectivity index (χ1) is 33.6. The van der Waals surface area contributed by atoms with E-state index in [1.807, 2.05) is 0 Å². The van der Waals surface area contributed by atoms with Crippen molar-refractivity contribution in [3.63, 3.8) is 0 Å². The zero-order chi connectivity index (χ0) is 45.7. The molecule has 2 aliphatic heterocycles. The fourth-order valence-corrected chi connectivity index (χ4v) is 12.3. The van der Waals surface area contributed by atoms with Gasteiger partial charge in [-0.15, -0.1) is 21.9 Å². The van der Waals surface area contributed by atoms with Crippen molar-refractivity contribution in [2.75, 3.05) is 14.2 Å². The average Bonchev–Trinajstić information content (AvgIpc) is 3.42. The Morgan fingerprint density at radius 3 is 0.868 bits per heavy atom. The minimum atomic E-state index is -1.77. The van der Waals surface area contributed by atoms with Crippen molar-refractivity contribution < 1.29 is 8.57 Å². The Hall–Kier alpha value is -8.33. The minimum Gasteiger partial charge on any atom is -0.810 e. The third-order valence-electron chi connectivity index (χ3n) is 15.1. The van der Waals surface area contributed by atoms with Crippen LogP contribution in [0.1, 0.15) is 33.4 Å².